The minimum Gasteiger partial charge on any atom is -0.423 e. The van der Waals surface area contributed by atoms with Gasteiger partial charge in [-0.1, -0.05) is 18.2 Å². The molecule has 0 aliphatic rings. The Balaban J connectivity index is 2.73. The molecule has 0 radical (unpaired) electrons. The maximum atomic E-state index is 11.6. The van der Waals surface area contributed by atoms with Crippen molar-refractivity contribution in [2.45, 2.75) is 6.42 Å². The molecule has 0 saturated heterocycles. The number of carbonyl (C=O) groups excluding carboxylic acids is 1. The van der Waals surface area contributed by atoms with Crippen LogP contribution in [0.25, 0.3) is 11.0 Å². The van der Waals surface area contributed by atoms with Gasteiger partial charge in [0.1, 0.15) is 5.58 Å². The molecule has 1 heterocycles. The van der Waals surface area contributed by atoms with E-state index in [0.29, 0.717) is 11.0 Å². The molecule has 1 aromatic heterocycles. The van der Waals surface area contributed by atoms with Gasteiger partial charge in [0, 0.05) is 17.0 Å². The van der Waals surface area contributed by atoms with E-state index < -0.39 is 5.63 Å². The topological polar surface area (TPSA) is 71.1 Å². The summed E-state index contributed by atoms with van der Waals surface area (Å²) in [5.74, 6) is -0.369. The molecule has 0 atom stereocenters. The molecular formula is C12H7NO3. The third kappa shape index (κ3) is 1.71. The molecule has 4 nitrogen and oxygen atoms in total. The molecule has 1 aromatic carbocycles. The van der Waals surface area contributed by atoms with Crippen LogP contribution < -0.4 is 5.63 Å². The van der Waals surface area contributed by atoms with E-state index in [0.717, 1.165) is 6.07 Å². The highest BCUT2D eigenvalue weighted by Crippen LogP contribution is 2.17. The number of hydrogen-bond donors (Lipinski definition) is 0. The van der Waals surface area contributed by atoms with Gasteiger partial charge in [-0.15, -0.1) is 0 Å². The first-order chi connectivity index (χ1) is 7.72. The molecule has 0 N–H and O–H groups in total. The van der Waals surface area contributed by atoms with Crippen LogP contribution in [0, 0.1) is 11.3 Å². The maximum Gasteiger partial charge on any atom is 0.336 e. The highest BCUT2D eigenvalue weighted by Gasteiger charge is 2.11. The lowest BCUT2D eigenvalue weighted by molar-refractivity contribution is 0.0998. The molecule has 0 bridgehead atoms. The monoisotopic (exact) mass is 213 g/mol. The van der Waals surface area contributed by atoms with Crippen LogP contribution in [0.5, 0.6) is 0 Å². The van der Waals surface area contributed by atoms with Gasteiger partial charge in [0.25, 0.3) is 0 Å². The first-order valence-corrected chi connectivity index (χ1v) is 4.65. The number of benzene rings is 1. The van der Waals surface area contributed by atoms with Crippen LogP contribution in [-0.4, -0.2) is 5.78 Å². The highest BCUT2D eigenvalue weighted by atomic mass is 16.4. The summed E-state index contributed by atoms with van der Waals surface area (Å²) in [4.78, 5) is 22.8. The molecular weight excluding hydrogens is 206 g/mol. The summed E-state index contributed by atoms with van der Waals surface area (Å²) in [6, 6.07) is 9.64. The van der Waals surface area contributed by atoms with Crippen molar-refractivity contribution < 1.29 is 9.21 Å². The van der Waals surface area contributed by atoms with Gasteiger partial charge in [-0.05, 0) is 6.07 Å². The Morgan fingerprint density at radius 1 is 1.38 bits per heavy atom. The lowest BCUT2D eigenvalue weighted by Crippen LogP contribution is -2.06. The van der Waals surface area contributed by atoms with Crippen molar-refractivity contribution >= 4 is 16.8 Å². The molecule has 0 saturated carbocycles. The molecule has 0 fully saturated rings. The summed E-state index contributed by atoms with van der Waals surface area (Å²) < 4.78 is 4.94. The Bertz CT molecular complexity index is 649. The molecule has 0 amide bonds. The standard InChI is InChI=1S/C12H7NO3/c13-6-5-10(14)9-7-12(15)16-11-4-2-1-3-8(9)11/h1-4,7H,5H2. The number of nitriles is 1. The predicted molar refractivity (Wildman–Crippen MR) is 57.0 cm³/mol. The summed E-state index contributed by atoms with van der Waals surface area (Å²) in [6.07, 6.45) is -0.243. The number of ketones is 1. The Kier molecular flexibility index (Phi) is 2.52. The fourth-order valence-electron chi connectivity index (χ4n) is 1.51. The number of rotatable bonds is 2. The number of carbonyl (C=O) groups is 1. The van der Waals surface area contributed by atoms with E-state index >= 15 is 0 Å². The van der Waals surface area contributed by atoms with E-state index in [1.807, 2.05) is 0 Å². The van der Waals surface area contributed by atoms with Crippen LogP contribution in [-0.2, 0) is 0 Å². The number of para-hydroxylation sites is 1. The Morgan fingerprint density at radius 3 is 2.88 bits per heavy atom. The zero-order chi connectivity index (χ0) is 11.5. The van der Waals surface area contributed by atoms with Crippen LogP contribution in [0.1, 0.15) is 16.8 Å². The van der Waals surface area contributed by atoms with Crippen molar-refractivity contribution in [2.24, 2.45) is 0 Å². The average molecular weight is 213 g/mol. The van der Waals surface area contributed by atoms with Gasteiger partial charge >= 0.3 is 5.63 Å². The summed E-state index contributed by atoms with van der Waals surface area (Å²) >= 11 is 0. The zero-order valence-electron chi connectivity index (χ0n) is 8.27. The second-order valence-corrected chi connectivity index (χ2v) is 3.23. The SMILES string of the molecule is N#CCC(=O)c1cc(=O)oc2ccccc12. The van der Waals surface area contributed by atoms with Crippen molar-refractivity contribution in [3.05, 3.63) is 46.3 Å². The van der Waals surface area contributed by atoms with Crippen molar-refractivity contribution in [3.8, 4) is 6.07 Å². The molecule has 2 rings (SSSR count). The van der Waals surface area contributed by atoms with E-state index in [1.165, 1.54) is 0 Å². The number of hydrogen-bond acceptors (Lipinski definition) is 4. The first kappa shape index (κ1) is 10.1. The van der Waals surface area contributed by atoms with E-state index in [-0.39, 0.29) is 17.8 Å². The van der Waals surface area contributed by atoms with Gasteiger partial charge in [-0.25, -0.2) is 4.79 Å². The van der Waals surface area contributed by atoms with Crippen LogP contribution in [0.3, 0.4) is 0 Å². The predicted octanol–water partition coefficient (Wildman–Crippen LogP) is 1.89. The Labute approximate surface area is 90.7 Å². The van der Waals surface area contributed by atoms with Crippen molar-refractivity contribution in [3.63, 3.8) is 0 Å². The average Bonchev–Trinajstić information content (AvgIpc) is 2.28. The molecule has 0 aliphatic carbocycles. The van der Waals surface area contributed by atoms with Crippen LogP contribution in [0.2, 0.25) is 0 Å². The minimum atomic E-state index is -0.583. The number of fused-ring (bicyclic) bond motifs is 1. The quantitative estimate of drug-likeness (QED) is 0.564. The smallest absolute Gasteiger partial charge is 0.336 e. The molecule has 2 aromatic rings. The van der Waals surface area contributed by atoms with E-state index in [9.17, 15) is 9.59 Å². The van der Waals surface area contributed by atoms with Gasteiger partial charge in [-0.3, -0.25) is 4.79 Å². The fraction of sp³-hybridized carbons (Fsp3) is 0.0833. The van der Waals surface area contributed by atoms with E-state index in [2.05, 4.69) is 0 Å². The minimum absolute atomic E-state index is 0.243. The second-order valence-electron chi connectivity index (χ2n) is 3.23. The fourth-order valence-corrected chi connectivity index (χ4v) is 1.51. The van der Waals surface area contributed by atoms with Crippen LogP contribution >= 0.6 is 0 Å². The van der Waals surface area contributed by atoms with E-state index in [4.69, 9.17) is 9.68 Å². The maximum absolute atomic E-state index is 11.6. The lowest BCUT2D eigenvalue weighted by Gasteiger charge is -2.01. The molecule has 0 spiro atoms. The van der Waals surface area contributed by atoms with Crippen molar-refractivity contribution in [1.29, 1.82) is 5.26 Å². The Morgan fingerprint density at radius 2 is 2.12 bits per heavy atom. The molecule has 0 unspecified atom stereocenters. The summed E-state index contributed by atoms with van der Waals surface area (Å²) in [6.45, 7) is 0. The Hall–Kier alpha value is -2.41. The molecule has 16 heavy (non-hydrogen) atoms. The molecule has 78 valence electrons. The van der Waals surface area contributed by atoms with Gasteiger partial charge in [0.05, 0.1) is 12.5 Å². The summed E-state index contributed by atoms with van der Waals surface area (Å²) in [5, 5.41) is 9.02. The highest BCUT2D eigenvalue weighted by molar-refractivity contribution is 6.07. The first-order valence-electron chi connectivity index (χ1n) is 4.65. The van der Waals surface area contributed by atoms with Gasteiger partial charge in [0.2, 0.25) is 0 Å². The zero-order valence-corrected chi connectivity index (χ0v) is 8.27. The van der Waals surface area contributed by atoms with Gasteiger partial charge < -0.3 is 4.42 Å². The van der Waals surface area contributed by atoms with Crippen molar-refractivity contribution in [2.75, 3.05) is 0 Å². The molecule has 0 aliphatic heterocycles. The third-order valence-electron chi connectivity index (χ3n) is 2.19. The largest absolute Gasteiger partial charge is 0.423 e. The third-order valence-corrected chi connectivity index (χ3v) is 2.19. The van der Waals surface area contributed by atoms with Gasteiger partial charge in [-0.2, -0.15) is 5.26 Å². The van der Waals surface area contributed by atoms with Crippen molar-refractivity contribution in [1.82, 2.24) is 0 Å². The lowest BCUT2D eigenvalue weighted by atomic mass is 10.0. The summed E-state index contributed by atoms with van der Waals surface area (Å²) in [5.41, 5.74) is 0.0182. The summed E-state index contributed by atoms with van der Waals surface area (Å²) in [7, 11) is 0. The molecule has 4 heteroatoms. The second kappa shape index (κ2) is 3.99. The van der Waals surface area contributed by atoms with Gasteiger partial charge in [0.15, 0.2) is 5.78 Å². The number of nitrogens with zero attached hydrogens (tertiary/aromatic N) is 1. The number of Topliss-reactive ketones (excluding diaryl/α,β-unsaturated/α-hetero) is 1. The van der Waals surface area contributed by atoms with Crippen LogP contribution in [0.15, 0.2) is 39.5 Å². The van der Waals surface area contributed by atoms with E-state index in [1.54, 1.807) is 30.3 Å². The van der Waals surface area contributed by atoms with Crippen LogP contribution in [0.4, 0.5) is 0 Å². The normalized spacial score (nSPS) is 9.94.